The fourth-order valence-electron chi connectivity index (χ4n) is 4.21. The Kier molecular flexibility index (Phi) is 8.94. The van der Waals surface area contributed by atoms with Crippen molar-refractivity contribution in [2.75, 3.05) is 13.6 Å². The zero-order valence-electron chi connectivity index (χ0n) is 16.9. The minimum Gasteiger partial charge on any atom is -0.342 e. The van der Waals surface area contributed by atoms with E-state index in [9.17, 15) is 4.79 Å². The van der Waals surface area contributed by atoms with Gasteiger partial charge in [-0.2, -0.15) is 0 Å². The molecule has 1 saturated carbocycles. The van der Waals surface area contributed by atoms with E-state index in [1.165, 1.54) is 68.6 Å². The molecule has 0 aromatic heterocycles. The minimum absolute atomic E-state index is 0.00523. The van der Waals surface area contributed by atoms with Crippen molar-refractivity contribution in [3.8, 4) is 0 Å². The molecule has 1 aliphatic rings. The summed E-state index contributed by atoms with van der Waals surface area (Å²) in [5, 5.41) is 0. The molecule has 0 bridgehead atoms. The molecule has 0 radical (unpaired) electrons. The van der Waals surface area contributed by atoms with Crippen molar-refractivity contribution in [2.24, 2.45) is 5.92 Å². The van der Waals surface area contributed by atoms with E-state index in [1.54, 1.807) is 4.90 Å². The Morgan fingerprint density at radius 1 is 1.12 bits per heavy atom. The average Bonchev–Trinajstić information content (AvgIpc) is 2.68. The van der Waals surface area contributed by atoms with Crippen LogP contribution >= 0.6 is 0 Å². The number of hydrogen-bond donors (Lipinski definition) is 0. The fraction of sp³-hybridized carbons (Fsp3) is 0.625. The van der Waals surface area contributed by atoms with Crippen LogP contribution in [0.2, 0.25) is 0 Å². The molecule has 0 spiro atoms. The zero-order chi connectivity index (χ0) is 18.8. The number of carbonyl (C=O) groups excluding carboxylic acids is 1. The summed E-state index contributed by atoms with van der Waals surface area (Å²) in [7, 11) is 1.84. The summed E-state index contributed by atoms with van der Waals surface area (Å²) >= 11 is 0. The van der Waals surface area contributed by atoms with Crippen molar-refractivity contribution in [1.82, 2.24) is 4.90 Å². The molecule has 0 atom stereocenters. The standard InChI is InChI=1S/C24H37NO/c1-4-6-7-9-20-11-15-22(16-12-20)23-17-13-21(14-18-23)10-8-19-25(3)24(26)5-2/h5,13-14,17-18,20,22H,2,4,6-12,15-16,19H2,1,3H3. The van der Waals surface area contributed by atoms with Crippen molar-refractivity contribution >= 4 is 5.91 Å². The van der Waals surface area contributed by atoms with E-state index >= 15 is 0 Å². The van der Waals surface area contributed by atoms with E-state index in [4.69, 9.17) is 0 Å². The van der Waals surface area contributed by atoms with E-state index in [0.717, 1.165) is 31.2 Å². The highest BCUT2D eigenvalue weighted by Crippen LogP contribution is 2.37. The molecule has 1 aromatic rings. The number of benzene rings is 1. The van der Waals surface area contributed by atoms with Gasteiger partial charge in [0, 0.05) is 13.6 Å². The first kappa shape index (κ1) is 20.7. The molecule has 26 heavy (non-hydrogen) atoms. The third-order valence-electron chi connectivity index (χ3n) is 6.02. The molecular formula is C24H37NO. The number of unbranched alkanes of at least 4 members (excludes halogenated alkanes) is 2. The third-order valence-corrected chi connectivity index (χ3v) is 6.02. The van der Waals surface area contributed by atoms with Crippen LogP contribution in [0.3, 0.4) is 0 Å². The minimum atomic E-state index is 0.00523. The second-order valence-corrected chi connectivity index (χ2v) is 8.02. The molecule has 1 aromatic carbocycles. The first-order valence-corrected chi connectivity index (χ1v) is 10.6. The highest BCUT2D eigenvalue weighted by Gasteiger charge is 2.21. The maximum absolute atomic E-state index is 11.5. The highest BCUT2D eigenvalue weighted by atomic mass is 16.2. The molecule has 0 unspecified atom stereocenters. The van der Waals surface area contributed by atoms with Gasteiger partial charge in [-0.25, -0.2) is 0 Å². The van der Waals surface area contributed by atoms with Crippen LogP contribution in [0.15, 0.2) is 36.9 Å². The molecular weight excluding hydrogens is 318 g/mol. The topological polar surface area (TPSA) is 20.3 Å². The van der Waals surface area contributed by atoms with Crippen LogP contribution in [0.4, 0.5) is 0 Å². The van der Waals surface area contributed by atoms with E-state index < -0.39 is 0 Å². The summed E-state index contributed by atoms with van der Waals surface area (Å²) in [6, 6.07) is 9.27. The van der Waals surface area contributed by atoms with Gasteiger partial charge in [0.15, 0.2) is 0 Å². The highest BCUT2D eigenvalue weighted by molar-refractivity contribution is 5.86. The first-order valence-electron chi connectivity index (χ1n) is 10.6. The molecule has 0 N–H and O–H groups in total. The van der Waals surface area contributed by atoms with E-state index in [2.05, 4.69) is 37.8 Å². The van der Waals surface area contributed by atoms with Crippen LogP contribution in [0.5, 0.6) is 0 Å². The summed E-state index contributed by atoms with van der Waals surface area (Å²) in [6.07, 6.45) is 14.6. The van der Waals surface area contributed by atoms with Crippen molar-refractivity contribution < 1.29 is 4.79 Å². The number of aryl methyl sites for hydroxylation is 1. The summed E-state index contributed by atoms with van der Waals surface area (Å²) in [4.78, 5) is 13.2. The molecule has 144 valence electrons. The molecule has 0 saturated heterocycles. The van der Waals surface area contributed by atoms with Gasteiger partial charge < -0.3 is 4.90 Å². The summed E-state index contributed by atoms with van der Waals surface area (Å²) in [6.45, 7) is 6.61. The lowest BCUT2D eigenvalue weighted by atomic mass is 9.77. The van der Waals surface area contributed by atoms with Gasteiger partial charge in [-0.3, -0.25) is 4.79 Å². The third kappa shape index (κ3) is 6.63. The fourth-order valence-corrected chi connectivity index (χ4v) is 4.21. The molecule has 1 amide bonds. The summed E-state index contributed by atoms with van der Waals surface area (Å²) in [5.74, 6) is 1.75. The van der Waals surface area contributed by atoms with Crippen LogP contribution in [0, 0.1) is 5.92 Å². The molecule has 2 rings (SSSR count). The lowest BCUT2D eigenvalue weighted by molar-refractivity contribution is -0.124. The van der Waals surface area contributed by atoms with Gasteiger partial charge in [0.1, 0.15) is 0 Å². The Labute approximate surface area is 160 Å². The van der Waals surface area contributed by atoms with E-state index in [1.807, 2.05) is 7.05 Å². The molecule has 0 heterocycles. The normalized spacial score (nSPS) is 19.9. The van der Waals surface area contributed by atoms with Gasteiger partial charge in [-0.1, -0.05) is 63.5 Å². The summed E-state index contributed by atoms with van der Waals surface area (Å²) in [5.41, 5.74) is 2.90. The predicted octanol–water partition coefficient (Wildman–Crippen LogP) is 6.12. The van der Waals surface area contributed by atoms with Crippen molar-refractivity contribution in [1.29, 1.82) is 0 Å². The SMILES string of the molecule is C=CC(=O)N(C)CCCc1ccc(C2CCC(CCCCC)CC2)cc1. The zero-order valence-corrected chi connectivity index (χ0v) is 16.9. The smallest absolute Gasteiger partial charge is 0.245 e. The Bertz CT molecular complexity index is 540. The number of hydrogen-bond acceptors (Lipinski definition) is 1. The van der Waals surface area contributed by atoms with E-state index in [-0.39, 0.29) is 5.91 Å². The quantitative estimate of drug-likeness (QED) is 0.366. The summed E-state index contributed by atoms with van der Waals surface area (Å²) < 4.78 is 0. The lowest BCUT2D eigenvalue weighted by Gasteiger charge is -2.29. The Balaban J connectivity index is 1.72. The Morgan fingerprint density at radius 2 is 1.81 bits per heavy atom. The van der Waals surface area contributed by atoms with Crippen LogP contribution in [-0.4, -0.2) is 24.4 Å². The van der Waals surface area contributed by atoms with Gasteiger partial charge in [0.25, 0.3) is 0 Å². The van der Waals surface area contributed by atoms with Crippen molar-refractivity contribution in [2.45, 2.75) is 77.0 Å². The number of carbonyl (C=O) groups is 1. The largest absolute Gasteiger partial charge is 0.342 e. The first-order chi connectivity index (χ1) is 12.6. The molecule has 2 nitrogen and oxygen atoms in total. The molecule has 1 aliphatic carbocycles. The molecule has 1 fully saturated rings. The number of likely N-dealkylation sites (N-methyl/N-ethyl adjacent to an activating group) is 1. The maximum atomic E-state index is 11.5. The monoisotopic (exact) mass is 355 g/mol. The van der Waals surface area contributed by atoms with Gasteiger partial charge >= 0.3 is 0 Å². The Hall–Kier alpha value is -1.57. The van der Waals surface area contributed by atoms with Crippen molar-refractivity contribution in [3.05, 3.63) is 48.0 Å². The van der Waals surface area contributed by atoms with Crippen LogP contribution in [0.1, 0.15) is 81.8 Å². The van der Waals surface area contributed by atoms with Crippen LogP contribution < -0.4 is 0 Å². The number of amides is 1. The van der Waals surface area contributed by atoms with E-state index in [0.29, 0.717) is 0 Å². The second kappa shape index (κ2) is 11.2. The van der Waals surface area contributed by atoms with Gasteiger partial charge in [0.05, 0.1) is 0 Å². The second-order valence-electron chi connectivity index (χ2n) is 8.02. The van der Waals surface area contributed by atoms with Crippen LogP contribution in [0.25, 0.3) is 0 Å². The van der Waals surface area contributed by atoms with Gasteiger partial charge in [-0.15, -0.1) is 0 Å². The lowest BCUT2D eigenvalue weighted by Crippen LogP contribution is -2.25. The average molecular weight is 356 g/mol. The van der Waals surface area contributed by atoms with Gasteiger partial charge in [0.2, 0.25) is 5.91 Å². The maximum Gasteiger partial charge on any atom is 0.245 e. The van der Waals surface area contributed by atoms with Crippen molar-refractivity contribution in [3.63, 3.8) is 0 Å². The number of nitrogens with zero attached hydrogens (tertiary/aromatic N) is 1. The number of rotatable bonds is 10. The van der Waals surface area contributed by atoms with Crippen LogP contribution in [-0.2, 0) is 11.2 Å². The Morgan fingerprint density at radius 3 is 2.42 bits per heavy atom. The van der Waals surface area contributed by atoms with Gasteiger partial charge in [-0.05, 0) is 67.6 Å². The molecule has 0 aliphatic heterocycles. The predicted molar refractivity (Wildman–Crippen MR) is 111 cm³/mol. The molecule has 2 heteroatoms.